The third-order valence-electron chi connectivity index (χ3n) is 2.85. The van der Waals surface area contributed by atoms with Crippen LogP contribution in [0.4, 0.5) is 4.79 Å². The Morgan fingerprint density at radius 1 is 1.14 bits per heavy atom. The van der Waals surface area contributed by atoms with Crippen LogP contribution in [0, 0.1) is 0 Å². The molecule has 0 bridgehead atoms. The second-order valence-corrected chi connectivity index (χ2v) is 4.39. The van der Waals surface area contributed by atoms with E-state index < -0.39 is 6.09 Å². The van der Waals surface area contributed by atoms with Crippen molar-refractivity contribution in [2.24, 2.45) is 5.73 Å². The minimum absolute atomic E-state index is 0. The highest BCUT2D eigenvalue weighted by Gasteiger charge is 2.09. The molecule has 1 fully saturated rings. The standard InChI is InChI=1S/C12H25N3O4.2ClH/c13-4-2-1-3-8-18-12(16)14-19-11-7-15-5-9-17-10-6-15;;/h1-11,13H2,(H,14,16);2*1H. The second-order valence-electron chi connectivity index (χ2n) is 4.39. The molecule has 0 unspecified atom stereocenters. The van der Waals surface area contributed by atoms with E-state index in [0.29, 0.717) is 19.8 Å². The summed E-state index contributed by atoms with van der Waals surface area (Å²) in [5.74, 6) is 0. The summed E-state index contributed by atoms with van der Waals surface area (Å²) in [5, 5.41) is 0. The van der Waals surface area contributed by atoms with E-state index in [1.54, 1.807) is 0 Å². The lowest BCUT2D eigenvalue weighted by molar-refractivity contribution is -0.00584. The molecule has 0 spiro atoms. The highest BCUT2D eigenvalue weighted by molar-refractivity contribution is 5.85. The van der Waals surface area contributed by atoms with Gasteiger partial charge in [-0.3, -0.25) is 9.74 Å². The number of rotatable bonds is 9. The van der Waals surface area contributed by atoms with Crippen molar-refractivity contribution in [3.8, 4) is 0 Å². The highest BCUT2D eigenvalue weighted by atomic mass is 35.5. The van der Waals surface area contributed by atoms with Crippen molar-refractivity contribution in [1.29, 1.82) is 0 Å². The molecule has 0 aliphatic carbocycles. The third-order valence-corrected chi connectivity index (χ3v) is 2.85. The number of nitrogens with two attached hydrogens (primary N) is 1. The molecule has 0 radical (unpaired) electrons. The summed E-state index contributed by atoms with van der Waals surface area (Å²) in [5.41, 5.74) is 7.63. The number of hydroxylamine groups is 1. The lowest BCUT2D eigenvalue weighted by atomic mass is 10.2. The van der Waals surface area contributed by atoms with Crippen LogP contribution in [0.2, 0.25) is 0 Å². The molecule has 0 aromatic carbocycles. The third kappa shape index (κ3) is 13.1. The monoisotopic (exact) mass is 347 g/mol. The molecule has 1 aliphatic rings. The SMILES string of the molecule is Cl.Cl.NCCCCCOC(=O)NOCCN1CCOCC1. The van der Waals surface area contributed by atoms with Crippen molar-refractivity contribution >= 4 is 30.9 Å². The van der Waals surface area contributed by atoms with Crippen molar-refractivity contribution in [3.05, 3.63) is 0 Å². The summed E-state index contributed by atoms with van der Waals surface area (Å²) in [6, 6.07) is 0. The summed E-state index contributed by atoms with van der Waals surface area (Å²) < 4.78 is 10.2. The molecule has 7 nitrogen and oxygen atoms in total. The summed E-state index contributed by atoms with van der Waals surface area (Å²) in [6.45, 7) is 5.65. The minimum Gasteiger partial charge on any atom is -0.448 e. The quantitative estimate of drug-likeness (QED) is 0.477. The highest BCUT2D eigenvalue weighted by Crippen LogP contribution is 1.96. The second kappa shape index (κ2) is 16.1. The van der Waals surface area contributed by atoms with E-state index in [0.717, 1.165) is 52.1 Å². The summed E-state index contributed by atoms with van der Waals surface area (Å²) in [4.78, 5) is 18.5. The molecule has 128 valence electrons. The van der Waals surface area contributed by atoms with Crippen LogP contribution in [0.15, 0.2) is 0 Å². The van der Waals surface area contributed by atoms with Gasteiger partial charge in [0.25, 0.3) is 0 Å². The fourth-order valence-corrected chi connectivity index (χ4v) is 1.73. The number of unbranched alkanes of at least 4 members (excludes halogenated alkanes) is 2. The lowest BCUT2D eigenvalue weighted by Gasteiger charge is -2.26. The van der Waals surface area contributed by atoms with Gasteiger partial charge in [-0.05, 0) is 25.8 Å². The van der Waals surface area contributed by atoms with Gasteiger partial charge in [0, 0.05) is 19.6 Å². The van der Waals surface area contributed by atoms with Gasteiger partial charge >= 0.3 is 6.09 Å². The molecule has 0 aromatic rings. The summed E-state index contributed by atoms with van der Waals surface area (Å²) >= 11 is 0. The first kappa shape index (κ1) is 23.0. The Morgan fingerprint density at radius 2 is 1.86 bits per heavy atom. The fraction of sp³-hybridized carbons (Fsp3) is 0.917. The zero-order valence-electron chi connectivity index (χ0n) is 12.3. The van der Waals surface area contributed by atoms with E-state index in [-0.39, 0.29) is 24.8 Å². The first-order chi connectivity index (χ1) is 9.33. The van der Waals surface area contributed by atoms with Crippen LogP contribution in [0.3, 0.4) is 0 Å². The predicted octanol–water partition coefficient (Wildman–Crippen LogP) is 0.949. The van der Waals surface area contributed by atoms with Gasteiger partial charge in [-0.1, -0.05) is 0 Å². The Balaban J connectivity index is 0. The van der Waals surface area contributed by atoms with E-state index in [9.17, 15) is 4.79 Å². The van der Waals surface area contributed by atoms with Gasteiger partial charge in [-0.25, -0.2) is 4.79 Å². The van der Waals surface area contributed by atoms with Crippen LogP contribution in [0.5, 0.6) is 0 Å². The molecule has 1 rings (SSSR count). The van der Waals surface area contributed by atoms with Crippen molar-refractivity contribution in [2.75, 3.05) is 52.6 Å². The first-order valence-electron chi connectivity index (χ1n) is 6.87. The van der Waals surface area contributed by atoms with Crippen molar-refractivity contribution < 1.29 is 19.1 Å². The largest absolute Gasteiger partial charge is 0.448 e. The number of nitrogens with one attached hydrogen (secondary N) is 1. The van der Waals surface area contributed by atoms with Crippen molar-refractivity contribution in [2.45, 2.75) is 19.3 Å². The summed E-state index contributed by atoms with van der Waals surface area (Å²) in [7, 11) is 0. The topological polar surface area (TPSA) is 86.0 Å². The molecule has 1 saturated heterocycles. The van der Waals surface area contributed by atoms with Crippen LogP contribution < -0.4 is 11.2 Å². The number of amides is 1. The Bertz CT molecular complexity index is 245. The molecular weight excluding hydrogens is 321 g/mol. The predicted molar refractivity (Wildman–Crippen MR) is 85.1 cm³/mol. The zero-order valence-corrected chi connectivity index (χ0v) is 13.9. The Morgan fingerprint density at radius 3 is 2.52 bits per heavy atom. The van der Waals surface area contributed by atoms with Crippen LogP contribution >= 0.6 is 24.8 Å². The first-order valence-corrected chi connectivity index (χ1v) is 6.87. The van der Waals surface area contributed by atoms with Crippen LogP contribution in [-0.2, 0) is 14.3 Å². The van der Waals surface area contributed by atoms with Gasteiger partial charge in [0.05, 0.1) is 26.4 Å². The molecular formula is C12H27Cl2N3O4. The van der Waals surface area contributed by atoms with E-state index in [1.807, 2.05) is 0 Å². The van der Waals surface area contributed by atoms with Crippen molar-refractivity contribution in [1.82, 2.24) is 10.4 Å². The number of ether oxygens (including phenoxy) is 2. The lowest BCUT2D eigenvalue weighted by Crippen LogP contribution is -2.39. The Labute approximate surface area is 138 Å². The van der Waals surface area contributed by atoms with E-state index in [1.165, 1.54) is 0 Å². The normalized spacial score (nSPS) is 14.7. The van der Waals surface area contributed by atoms with E-state index >= 15 is 0 Å². The molecule has 1 aliphatic heterocycles. The number of hydrogen-bond donors (Lipinski definition) is 2. The number of morpholine rings is 1. The Hall–Kier alpha value is -0.310. The molecule has 9 heteroatoms. The maximum Gasteiger partial charge on any atom is 0.431 e. The average Bonchev–Trinajstić information content (AvgIpc) is 2.44. The van der Waals surface area contributed by atoms with Gasteiger partial charge in [-0.2, -0.15) is 5.48 Å². The van der Waals surface area contributed by atoms with Crippen molar-refractivity contribution in [3.63, 3.8) is 0 Å². The average molecular weight is 348 g/mol. The molecule has 1 heterocycles. The van der Waals surface area contributed by atoms with Crippen LogP contribution in [0.25, 0.3) is 0 Å². The summed E-state index contributed by atoms with van der Waals surface area (Å²) in [6.07, 6.45) is 2.23. The number of carbonyl (C=O) groups is 1. The number of halogens is 2. The number of carbonyl (C=O) groups excluding carboxylic acids is 1. The maximum atomic E-state index is 11.2. The molecule has 0 aromatic heterocycles. The smallest absolute Gasteiger partial charge is 0.431 e. The molecule has 3 N–H and O–H groups in total. The van der Waals surface area contributed by atoms with Crippen LogP contribution in [0.1, 0.15) is 19.3 Å². The van der Waals surface area contributed by atoms with E-state index in [2.05, 4.69) is 10.4 Å². The van der Waals surface area contributed by atoms with Gasteiger partial charge in [0.15, 0.2) is 0 Å². The minimum atomic E-state index is -0.533. The maximum absolute atomic E-state index is 11.2. The number of nitrogens with zero attached hydrogens (tertiary/aromatic N) is 1. The molecule has 21 heavy (non-hydrogen) atoms. The fourth-order valence-electron chi connectivity index (χ4n) is 1.73. The zero-order chi connectivity index (χ0) is 13.8. The molecule has 0 atom stereocenters. The van der Waals surface area contributed by atoms with Crippen LogP contribution in [-0.4, -0.2) is 63.6 Å². The molecule has 1 amide bonds. The number of hydrogen-bond acceptors (Lipinski definition) is 6. The Kier molecular flexibility index (Phi) is 17.6. The van der Waals surface area contributed by atoms with Gasteiger partial charge < -0.3 is 15.2 Å². The van der Waals surface area contributed by atoms with Gasteiger partial charge in [0.2, 0.25) is 0 Å². The van der Waals surface area contributed by atoms with Gasteiger partial charge in [-0.15, -0.1) is 24.8 Å². The molecule has 0 saturated carbocycles. The van der Waals surface area contributed by atoms with E-state index in [4.69, 9.17) is 20.0 Å². The van der Waals surface area contributed by atoms with Gasteiger partial charge in [0.1, 0.15) is 0 Å².